The highest BCUT2D eigenvalue weighted by molar-refractivity contribution is 7.99. The van der Waals surface area contributed by atoms with Gasteiger partial charge in [0.2, 0.25) is 10.0 Å². The lowest BCUT2D eigenvalue weighted by atomic mass is 10.2. The summed E-state index contributed by atoms with van der Waals surface area (Å²) in [5.74, 6) is 2.07. The first-order valence-electron chi connectivity index (χ1n) is 10.1. The first-order valence-corrected chi connectivity index (χ1v) is 13.3. The Morgan fingerprint density at radius 3 is 2.50 bits per heavy atom. The molecule has 2 aromatic rings. The van der Waals surface area contributed by atoms with Gasteiger partial charge in [-0.1, -0.05) is 51.6 Å². The van der Waals surface area contributed by atoms with Crippen molar-refractivity contribution in [3.8, 4) is 11.4 Å². The number of benzene rings is 1. The van der Waals surface area contributed by atoms with Crippen molar-refractivity contribution in [2.75, 3.05) is 18.8 Å². The molecule has 1 aliphatic carbocycles. The smallest absolute Gasteiger partial charge is 0.243 e. The molecule has 1 aliphatic rings. The van der Waals surface area contributed by atoms with E-state index in [1.165, 1.54) is 4.31 Å². The minimum Gasteiger partial charge on any atom is -0.302 e. The molecule has 0 bridgehead atoms. The van der Waals surface area contributed by atoms with Crippen LogP contribution in [0.5, 0.6) is 0 Å². The summed E-state index contributed by atoms with van der Waals surface area (Å²) in [7, 11) is -3.55. The summed E-state index contributed by atoms with van der Waals surface area (Å²) in [6.45, 7) is 9.52. The second-order valence-corrected chi connectivity index (χ2v) is 12.4. The molecule has 6 nitrogen and oxygen atoms in total. The van der Waals surface area contributed by atoms with Crippen LogP contribution in [0.4, 0.5) is 0 Å². The lowest BCUT2D eigenvalue weighted by Crippen LogP contribution is -2.30. The van der Waals surface area contributed by atoms with Crippen LogP contribution < -0.4 is 0 Å². The maximum absolute atomic E-state index is 12.9. The van der Waals surface area contributed by atoms with E-state index < -0.39 is 14.4 Å². The van der Waals surface area contributed by atoms with Crippen molar-refractivity contribution in [1.29, 1.82) is 0 Å². The number of sulfonamides is 1. The maximum Gasteiger partial charge on any atom is 0.243 e. The van der Waals surface area contributed by atoms with Crippen LogP contribution in [0.25, 0.3) is 11.4 Å². The minimum atomic E-state index is -3.55. The van der Waals surface area contributed by atoms with Crippen LogP contribution in [0.2, 0.25) is 0 Å². The molecule has 0 N–H and O–H groups in total. The van der Waals surface area contributed by atoms with Gasteiger partial charge in [0.15, 0.2) is 11.0 Å². The molecule has 0 amide bonds. The zero-order valence-electron chi connectivity index (χ0n) is 17.7. The average molecular weight is 492 g/mol. The molecule has 1 fully saturated rings. The van der Waals surface area contributed by atoms with Crippen molar-refractivity contribution >= 4 is 45.0 Å². The number of nitrogens with zero attached hydrogens (tertiary/aromatic N) is 4. The van der Waals surface area contributed by atoms with E-state index in [1.54, 1.807) is 30.0 Å². The number of hydrogen-bond donors (Lipinski definition) is 0. The van der Waals surface area contributed by atoms with E-state index in [0.717, 1.165) is 29.4 Å². The molecule has 0 radical (unpaired) electrons. The Morgan fingerprint density at radius 2 is 1.93 bits per heavy atom. The summed E-state index contributed by atoms with van der Waals surface area (Å²) in [6, 6.07) is 6.95. The van der Waals surface area contributed by atoms with Crippen LogP contribution in [0.3, 0.4) is 0 Å². The van der Waals surface area contributed by atoms with Crippen molar-refractivity contribution in [3.63, 3.8) is 0 Å². The number of rotatable bonds is 10. The van der Waals surface area contributed by atoms with E-state index in [-0.39, 0.29) is 10.8 Å². The number of alkyl halides is 2. The minimum absolute atomic E-state index is 0.251. The highest BCUT2D eigenvalue weighted by Gasteiger charge is 2.51. The molecule has 10 heteroatoms. The SMILES string of the molecule is CCN(CC)S(=O)(=O)c1cccc(-c2nnc(SCC3CC3(Cl)Cl)n2CC(C)C)c1. The van der Waals surface area contributed by atoms with Gasteiger partial charge in [0.25, 0.3) is 0 Å². The fourth-order valence-electron chi connectivity index (χ4n) is 3.27. The van der Waals surface area contributed by atoms with Crippen LogP contribution >= 0.6 is 35.0 Å². The summed E-state index contributed by atoms with van der Waals surface area (Å²) in [5, 5.41) is 9.58. The molecule has 0 spiro atoms. The Hall–Kier alpha value is -0.800. The van der Waals surface area contributed by atoms with Gasteiger partial charge in [-0.05, 0) is 24.5 Å². The van der Waals surface area contributed by atoms with Gasteiger partial charge in [0.05, 0.1) is 4.90 Å². The molecular weight excluding hydrogens is 463 g/mol. The second kappa shape index (κ2) is 9.36. The van der Waals surface area contributed by atoms with E-state index in [1.807, 2.05) is 19.9 Å². The largest absolute Gasteiger partial charge is 0.302 e. The molecule has 30 heavy (non-hydrogen) atoms. The molecule has 3 rings (SSSR count). The molecule has 1 atom stereocenters. The van der Waals surface area contributed by atoms with Crippen LogP contribution in [-0.2, 0) is 16.6 Å². The van der Waals surface area contributed by atoms with Gasteiger partial charge in [-0.25, -0.2) is 8.42 Å². The third-order valence-corrected chi connectivity index (χ3v) is 9.17. The third-order valence-electron chi connectivity index (χ3n) is 5.07. The van der Waals surface area contributed by atoms with Crippen molar-refractivity contribution in [2.45, 2.75) is 55.0 Å². The van der Waals surface area contributed by atoms with Crippen LogP contribution in [0.15, 0.2) is 34.3 Å². The lowest BCUT2D eigenvalue weighted by Gasteiger charge is -2.19. The zero-order chi connectivity index (χ0) is 22.1. The van der Waals surface area contributed by atoms with Gasteiger partial charge >= 0.3 is 0 Å². The summed E-state index contributed by atoms with van der Waals surface area (Å²) in [6.07, 6.45) is 0.791. The van der Waals surface area contributed by atoms with Crippen LogP contribution in [0.1, 0.15) is 34.1 Å². The fourth-order valence-corrected chi connectivity index (χ4v) is 6.65. The highest BCUT2D eigenvalue weighted by atomic mass is 35.5. The van der Waals surface area contributed by atoms with Gasteiger partial charge < -0.3 is 4.57 Å². The van der Waals surface area contributed by atoms with Crippen molar-refractivity contribution in [3.05, 3.63) is 24.3 Å². The molecule has 1 unspecified atom stereocenters. The normalized spacial score (nSPS) is 18.3. The summed E-state index contributed by atoms with van der Waals surface area (Å²) in [5.41, 5.74) is 0.735. The Labute approximate surface area is 193 Å². The van der Waals surface area contributed by atoms with E-state index in [2.05, 4.69) is 28.6 Å². The maximum atomic E-state index is 12.9. The second-order valence-electron chi connectivity index (χ2n) is 7.90. The molecule has 0 saturated heterocycles. The summed E-state index contributed by atoms with van der Waals surface area (Å²) < 4.78 is 28.8. The van der Waals surface area contributed by atoms with Crippen molar-refractivity contribution in [1.82, 2.24) is 19.1 Å². The summed E-state index contributed by atoms with van der Waals surface area (Å²) in [4.78, 5) is 0.268. The quantitative estimate of drug-likeness (QED) is 0.349. The highest BCUT2D eigenvalue weighted by Crippen LogP contribution is 2.54. The zero-order valence-corrected chi connectivity index (χ0v) is 20.8. The molecule has 1 aromatic carbocycles. The lowest BCUT2D eigenvalue weighted by molar-refractivity contribution is 0.445. The standard InChI is InChI=1S/C20H28Cl2N4O2S2/c1-5-25(6-2)30(27,28)17-9-7-8-15(10-17)18-23-24-19(26(18)12-14(3)4)29-13-16-11-20(16,21)22/h7-10,14,16H,5-6,11-13H2,1-4H3. The molecule has 1 heterocycles. The van der Waals surface area contributed by atoms with Crippen LogP contribution in [0, 0.1) is 11.8 Å². The number of hydrogen-bond acceptors (Lipinski definition) is 5. The predicted molar refractivity (Wildman–Crippen MR) is 124 cm³/mol. The fraction of sp³-hybridized carbons (Fsp3) is 0.600. The summed E-state index contributed by atoms with van der Waals surface area (Å²) >= 11 is 13.9. The molecule has 0 aliphatic heterocycles. The number of aromatic nitrogens is 3. The Balaban J connectivity index is 1.93. The van der Waals surface area contributed by atoms with Gasteiger partial charge in [-0.2, -0.15) is 4.31 Å². The van der Waals surface area contributed by atoms with Gasteiger partial charge in [0.1, 0.15) is 4.33 Å². The van der Waals surface area contributed by atoms with Gasteiger partial charge in [0, 0.05) is 36.9 Å². The van der Waals surface area contributed by atoms with E-state index >= 15 is 0 Å². The topological polar surface area (TPSA) is 68.1 Å². The van der Waals surface area contributed by atoms with Crippen molar-refractivity contribution in [2.24, 2.45) is 11.8 Å². The van der Waals surface area contributed by atoms with E-state index in [9.17, 15) is 8.42 Å². The van der Waals surface area contributed by atoms with E-state index in [0.29, 0.717) is 24.8 Å². The predicted octanol–water partition coefficient (Wildman–Crippen LogP) is 4.92. The molecule has 1 saturated carbocycles. The monoisotopic (exact) mass is 490 g/mol. The van der Waals surface area contributed by atoms with Crippen LogP contribution in [-0.4, -0.2) is 50.7 Å². The first-order chi connectivity index (χ1) is 14.1. The Morgan fingerprint density at radius 1 is 1.27 bits per heavy atom. The van der Waals surface area contributed by atoms with Gasteiger partial charge in [-0.3, -0.25) is 0 Å². The van der Waals surface area contributed by atoms with Gasteiger partial charge in [-0.15, -0.1) is 33.4 Å². The average Bonchev–Trinajstić information content (AvgIpc) is 3.11. The van der Waals surface area contributed by atoms with E-state index in [4.69, 9.17) is 23.2 Å². The first kappa shape index (κ1) is 23.9. The number of thioether (sulfide) groups is 1. The molecular formula is C20H28Cl2N4O2S2. The van der Waals surface area contributed by atoms with Crippen molar-refractivity contribution < 1.29 is 8.42 Å². The Bertz CT molecular complexity index is 988. The molecule has 1 aromatic heterocycles. The number of halogens is 2. The molecule has 166 valence electrons. The third kappa shape index (κ3) is 5.15. The Kier molecular flexibility index (Phi) is 7.45.